The van der Waals surface area contributed by atoms with Crippen molar-refractivity contribution in [2.75, 3.05) is 13.2 Å². The van der Waals surface area contributed by atoms with Gasteiger partial charge in [0, 0.05) is 24.4 Å². The van der Waals surface area contributed by atoms with Gasteiger partial charge >= 0.3 is 12.1 Å². The third kappa shape index (κ3) is 8.00. The number of halogens is 3. The summed E-state index contributed by atoms with van der Waals surface area (Å²) in [6, 6.07) is 17.7. The molecule has 3 aromatic rings. The second-order valence-corrected chi connectivity index (χ2v) is 8.70. The van der Waals surface area contributed by atoms with Gasteiger partial charge in [-0.2, -0.15) is 13.2 Å². The van der Waals surface area contributed by atoms with Gasteiger partial charge in [0.1, 0.15) is 5.75 Å². The summed E-state index contributed by atoms with van der Waals surface area (Å²) in [6.07, 6.45) is -3.55. The molecule has 0 fully saturated rings. The van der Waals surface area contributed by atoms with Gasteiger partial charge in [-0.25, -0.2) is 0 Å². The summed E-state index contributed by atoms with van der Waals surface area (Å²) >= 11 is 0. The predicted molar refractivity (Wildman–Crippen MR) is 133 cm³/mol. The quantitative estimate of drug-likeness (QED) is 0.271. The van der Waals surface area contributed by atoms with Crippen molar-refractivity contribution in [3.8, 4) is 5.75 Å². The molecule has 0 aliphatic rings. The van der Waals surface area contributed by atoms with E-state index >= 15 is 0 Å². The lowest BCUT2D eigenvalue weighted by Crippen LogP contribution is -2.25. The maximum Gasteiger partial charge on any atom is 0.389 e. The van der Waals surface area contributed by atoms with Crippen molar-refractivity contribution in [1.29, 1.82) is 0 Å². The Morgan fingerprint density at radius 1 is 0.972 bits per heavy atom. The fourth-order valence-corrected chi connectivity index (χ4v) is 3.97. The van der Waals surface area contributed by atoms with Gasteiger partial charge in [-0.1, -0.05) is 49.7 Å². The average molecular weight is 502 g/mol. The monoisotopic (exact) mass is 501 g/mol. The molecule has 0 radical (unpaired) electrons. The summed E-state index contributed by atoms with van der Waals surface area (Å²) in [6.45, 7) is 2.71. The van der Waals surface area contributed by atoms with Gasteiger partial charge in [0.05, 0.1) is 13.0 Å². The van der Waals surface area contributed by atoms with E-state index in [0.717, 1.165) is 34.9 Å². The summed E-state index contributed by atoms with van der Waals surface area (Å²) in [5.74, 6) is -1.21. The minimum Gasteiger partial charge on any atom is -0.494 e. The molecular weight excluding hydrogens is 471 g/mol. The third-order valence-electron chi connectivity index (χ3n) is 5.92. The maximum atomic E-state index is 13.1. The maximum absolute atomic E-state index is 13.1. The molecule has 0 aromatic heterocycles. The first-order chi connectivity index (χ1) is 17.2. The Morgan fingerprint density at radius 3 is 2.31 bits per heavy atom. The molecule has 8 heteroatoms. The van der Waals surface area contributed by atoms with Gasteiger partial charge in [0.15, 0.2) is 0 Å². The lowest BCUT2D eigenvalue weighted by molar-refractivity contribution is -0.137. The number of aliphatic carboxylic acids is 1. The second-order valence-electron chi connectivity index (χ2n) is 8.70. The van der Waals surface area contributed by atoms with E-state index in [1.54, 1.807) is 24.3 Å². The van der Waals surface area contributed by atoms with Crippen LogP contribution in [0.25, 0.3) is 10.8 Å². The fourth-order valence-electron chi connectivity index (χ4n) is 3.97. The molecule has 0 spiro atoms. The summed E-state index contributed by atoms with van der Waals surface area (Å²) in [5.41, 5.74) is 1.73. The lowest BCUT2D eigenvalue weighted by Gasteiger charge is -2.20. The van der Waals surface area contributed by atoms with E-state index in [1.165, 1.54) is 0 Å². The van der Waals surface area contributed by atoms with Gasteiger partial charge in [-0.15, -0.1) is 0 Å². The summed E-state index contributed by atoms with van der Waals surface area (Å²) in [7, 11) is 0. The Morgan fingerprint density at radius 2 is 1.64 bits per heavy atom. The zero-order chi connectivity index (χ0) is 26.1. The van der Waals surface area contributed by atoms with Crippen molar-refractivity contribution in [3.63, 3.8) is 0 Å². The number of alkyl halides is 3. The van der Waals surface area contributed by atoms with Crippen LogP contribution in [0.2, 0.25) is 0 Å². The molecule has 5 nitrogen and oxygen atoms in total. The largest absolute Gasteiger partial charge is 0.494 e. The molecule has 0 saturated heterocycles. The number of fused-ring (bicyclic) bond motifs is 1. The molecular formula is C28H30F3NO4. The molecule has 0 heterocycles. The number of nitrogens with one attached hydrogen (secondary N) is 1. The smallest absolute Gasteiger partial charge is 0.389 e. The number of hydrogen-bond donors (Lipinski definition) is 2. The van der Waals surface area contributed by atoms with Gasteiger partial charge in [-0.3, -0.25) is 9.59 Å². The van der Waals surface area contributed by atoms with E-state index in [4.69, 9.17) is 9.84 Å². The van der Waals surface area contributed by atoms with Crippen LogP contribution in [0.15, 0.2) is 60.7 Å². The normalized spacial score (nSPS) is 12.3. The van der Waals surface area contributed by atoms with Gasteiger partial charge in [0.25, 0.3) is 5.91 Å². The number of ether oxygens (including phenoxy) is 1. The standard InChI is InChI=1S/C28H30F3NO4/c1-2-3-16-36-24-11-10-21-17-23(9-8-22(21)18-24)25(12-14-28(29,30)31)19-4-6-20(7-5-19)27(35)32-15-13-26(33)34/h4-11,17-18,25H,2-3,12-16H2,1H3,(H,32,35)(H,33,34). The van der Waals surface area contributed by atoms with Crippen molar-refractivity contribution >= 4 is 22.6 Å². The van der Waals surface area contributed by atoms with E-state index < -0.39 is 30.4 Å². The average Bonchev–Trinajstić information content (AvgIpc) is 2.83. The lowest BCUT2D eigenvalue weighted by atomic mass is 9.86. The van der Waals surface area contributed by atoms with Crippen LogP contribution in [0.4, 0.5) is 13.2 Å². The first kappa shape index (κ1) is 27.0. The Hall–Kier alpha value is -3.55. The van der Waals surface area contributed by atoms with Crippen LogP contribution in [-0.2, 0) is 4.79 Å². The van der Waals surface area contributed by atoms with Crippen molar-refractivity contribution in [2.24, 2.45) is 0 Å². The molecule has 1 amide bonds. The number of carboxylic acids is 1. The highest BCUT2D eigenvalue weighted by Gasteiger charge is 2.29. The summed E-state index contributed by atoms with van der Waals surface area (Å²) in [4.78, 5) is 22.8. The summed E-state index contributed by atoms with van der Waals surface area (Å²) < 4.78 is 45.1. The molecule has 0 aliphatic heterocycles. The first-order valence-electron chi connectivity index (χ1n) is 12.0. The van der Waals surface area contributed by atoms with E-state index in [-0.39, 0.29) is 19.4 Å². The highest BCUT2D eigenvalue weighted by atomic mass is 19.4. The Labute approximate surface area is 208 Å². The zero-order valence-corrected chi connectivity index (χ0v) is 20.1. The van der Waals surface area contributed by atoms with Crippen LogP contribution in [0.5, 0.6) is 5.75 Å². The molecule has 3 aromatic carbocycles. The van der Waals surface area contributed by atoms with Crippen LogP contribution >= 0.6 is 0 Å². The Balaban J connectivity index is 1.83. The van der Waals surface area contributed by atoms with Crippen LogP contribution in [0.3, 0.4) is 0 Å². The van der Waals surface area contributed by atoms with Crippen molar-refractivity contribution in [1.82, 2.24) is 5.32 Å². The van der Waals surface area contributed by atoms with Crippen LogP contribution in [-0.4, -0.2) is 36.3 Å². The number of benzene rings is 3. The van der Waals surface area contributed by atoms with Gasteiger partial charge in [-0.05, 0) is 59.0 Å². The highest BCUT2D eigenvalue weighted by Crippen LogP contribution is 2.35. The van der Waals surface area contributed by atoms with Gasteiger partial charge < -0.3 is 15.2 Å². The molecule has 36 heavy (non-hydrogen) atoms. The predicted octanol–water partition coefficient (Wildman–Crippen LogP) is 6.70. The topological polar surface area (TPSA) is 75.6 Å². The zero-order valence-electron chi connectivity index (χ0n) is 20.1. The molecule has 192 valence electrons. The number of rotatable bonds is 12. The number of unbranched alkanes of at least 4 members (excludes halogenated alkanes) is 1. The van der Waals surface area contributed by atoms with E-state index in [0.29, 0.717) is 17.7 Å². The molecule has 3 rings (SSSR count). The first-order valence-corrected chi connectivity index (χ1v) is 12.0. The van der Waals surface area contributed by atoms with Gasteiger partial charge in [0.2, 0.25) is 0 Å². The molecule has 1 unspecified atom stereocenters. The number of carbonyl (C=O) groups is 2. The van der Waals surface area contributed by atoms with Crippen molar-refractivity contribution in [2.45, 2.75) is 51.1 Å². The molecule has 0 bridgehead atoms. The number of hydrogen-bond acceptors (Lipinski definition) is 3. The highest BCUT2D eigenvalue weighted by molar-refractivity contribution is 5.94. The van der Waals surface area contributed by atoms with E-state index in [1.807, 2.05) is 36.4 Å². The van der Waals surface area contributed by atoms with E-state index in [2.05, 4.69) is 12.2 Å². The minimum absolute atomic E-state index is 0.00737. The van der Waals surface area contributed by atoms with Crippen LogP contribution < -0.4 is 10.1 Å². The van der Waals surface area contributed by atoms with E-state index in [9.17, 15) is 22.8 Å². The minimum atomic E-state index is -4.29. The van der Waals surface area contributed by atoms with Crippen LogP contribution in [0.1, 0.15) is 66.4 Å². The number of carbonyl (C=O) groups excluding carboxylic acids is 1. The SMILES string of the molecule is CCCCOc1ccc2cc(C(CCC(F)(F)F)c3ccc(C(=O)NCCC(=O)O)cc3)ccc2c1. The Bertz CT molecular complexity index is 1180. The molecule has 0 saturated carbocycles. The van der Waals surface area contributed by atoms with Crippen LogP contribution in [0, 0.1) is 0 Å². The fraction of sp³-hybridized carbons (Fsp3) is 0.357. The molecule has 1 atom stereocenters. The molecule has 2 N–H and O–H groups in total. The number of carboxylic acid groups (broad SMARTS) is 1. The van der Waals surface area contributed by atoms with Crippen molar-refractivity contribution < 1.29 is 32.6 Å². The second kappa shape index (κ2) is 12.4. The third-order valence-corrected chi connectivity index (χ3v) is 5.92. The van der Waals surface area contributed by atoms with Crippen molar-refractivity contribution in [3.05, 3.63) is 77.4 Å². The molecule has 0 aliphatic carbocycles. The Kier molecular flexibility index (Phi) is 9.33. The number of amides is 1. The summed E-state index contributed by atoms with van der Waals surface area (Å²) in [5, 5.41) is 13.1.